The van der Waals surface area contributed by atoms with Crippen LogP contribution in [0.1, 0.15) is 32.4 Å². The summed E-state index contributed by atoms with van der Waals surface area (Å²) in [5.41, 5.74) is 5.98. The lowest BCUT2D eigenvalue weighted by Gasteiger charge is -2.31. The van der Waals surface area contributed by atoms with Gasteiger partial charge in [0.1, 0.15) is 5.82 Å². The van der Waals surface area contributed by atoms with Crippen LogP contribution in [0, 0.1) is 11.2 Å². The minimum atomic E-state index is -0.402. The number of hydrogen-bond donors (Lipinski definition) is 2. The second-order valence-corrected chi connectivity index (χ2v) is 5.20. The van der Waals surface area contributed by atoms with Crippen molar-refractivity contribution in [2.75, 3.05) is 6.54 Å². The van der Waals surface area contributed by atoms with E-state index in [1.54, 1.807) is 12.1 Å². The third kappa shape index (κ3) is 4.15. The fourth-order valence-corrected chi connectivity index (χ4v) is 1.78. The Balaban J connectivity index is 2.90. The quantitative estimate of drug-likeness (QED) is 0.842. The van der Waals surface area contributed by atoms with Gasteiger partial charge in [0.2, 0.25) is 5.91 Å². The van der Waals surface area contributed by atoms with E-state index >= 15 is 0 Å². The maximum absolute atomic E-state index is 12.9. The van der Waals surface area contributed by atoms with Gasteiger partial charge in [-0.15, -0.1) is 0 Å². The minimum Gasteiger partial charge on any atom is -0.369 e. The number of amides is 1. The second-order valence-electron chi connectivity index (χ2n) is 5.20. The molecule has 1 rings (SSSR count). The Hall–Kier alpha value is -1.42. The van der Waals surface area contributed by atoms with Gasteiger partial charge in [0.25, 0.3) is 0 Å². The molecule has 0 saturated heterocycles. The summed E-state index contributed by atoms with van der Waals surface area (Å²) < 4.78 is 12.9. The van der Waals surface area contributed by atoms with E-state index in [1.807, 2.05) is 0 Å². The van der Waals surface area contributed by atoms with Gasteiger partial charge in [-0.05, 0) is 23.1 Å². The standard InChI is InChI=1S/C13H19FN2O/c1-13(2,3)12(16-8-11(15)17)9-4-6-10(14)7-5-9/h4-7,12,16H,8H2,1-3H3,(H2,15,17)/t12-/m0/s1. The third-order valence-electron chi connectivity index (χ3n) is 2.55. The van der Waals surface area contributed by atoms with E-state index in [1.165, 1.54) is 12.1 Å². The summed E-state index contributed by atoms with van der Waals surface area (Å²) in [6.07, 6.45) is 0. The Kier molecular flexibility index (Phi) is 4.23. The van der Waals surface area contributed by atoms with Crippen molar-refractivity contribution < 1.29 is 9.18 Å². The van der Waals surface area contributed by atoms with Crippen LogP contribution in [0.25, 0.3) is 0 Å². The van der Waals surface area contributed by atoms with E-state index in [-0.39, 0.29) is 23.8 Å². The molecule has 0 heterocycles. The van der Waals surface area contributed by atoms with Gasteiger partial charge in [-0.2, -0.15) is 0 Å². The number of carbonyl (C=O) groups is 1. The van der Waals surface area contributed by atoms with Crippen LogP contribution in [0.5, 0.6) is 0 Å². The molecular weight excluding hydrogens is 219 g/mol. The van der Waals surface area contributed by atoms with Crippen LogP contribution in [-0.4, -0.2) is 12.5 Å². The molecule has 0 bridgehead atoms. The molecule has 0 aromatic heterocycles. The van der Waals surface area contributed by atoms with E-state index in [2.05, 4.69) is 26.1 Å². The van der Waals surface area contributed by atoms with Gasteiger partial charge in [-0.25, -0.2) is 4.39 Å². The highest BCUT2D eigenvalue weighted by molar-refractivity contribution is 5.75. The van der Waals surface area contributed by atoms with Gasteiger partial charge in [0, 0.05) is 6.04 Å². The lowest BCUT2D eigenvalue weighted by molar-refractivity contribution is -0.117. The predicted molar refractivity (Wildman–Crippen MR) is 65.8 cm³/mol. The lowest BCUT2D eigenvalue weighted by atomic mass is 9.82. The molecule has 0 aliphatic heterocycles. The molecule has 0 unspecified atom stereocenters. The topological polar surface area (TPSA) is 55.1 Å². The molecule has 1 aromatic rings. The van der Waals surface area contributed by atoms with E-state index < -0.39 is 5.91 Å². The third-order valence-corrected chi connectivity index (χ3v) is 2.55. The summed E-state index contributed by atoms with van der Waals surface area (Å²) in [5, 5.41) is 3.10. The molecular formula is C13H19FN2O. The Morgan fingerprint density at radius 3 is 2.29 bits per heavy atom. The average molecular weight is 238 g/mol. The molecule has 0 saturated carbocycles. The number of rotatable bonds is 4. The van der Waals surface area contributed by atoms with Crippen LogP contribution < -0.4 is 11.1 Å². The predicted octanol–water partition coefficient (Wildman–Crippen LogP) is 1.99. The fourth-order valence-electron chi connectivity index (χ4n) is 1.78. The number of hydrogen-bond acceptors (Lipinski definition) is 2. The van der Waals surface area contributed by atoms with Crippen molar-refractivity contribution in [3.8, 4) is 0 Å². The summed E-state index contributed by atoms with van der Waals surface area (Å²) >= 11 is 0. The largest absolute Gasteiger partial charge is 0.369 e. The van der Waals surface area contributed by atoms with E-state index in [9.17, 15) is 9.18 Å². The summed E-state index contributed by atoms with van der Waals surface area (Å²) in [4.78, 5) is 10.8. The van der Waals surface area contributed by atoms with Crippen LogP contribution in [0.3, 0.4) is 0 Å². The molecule has 0 radical (unpaired) electrons. The normalized spacial score (nSPS) is 13.4. The van der Waals surface area contributed by atoms with Crippen LogP contribution in [0.2, 0.25) is 0 Å². The summed E-state index contributed by atoms with van der Waals surface area (Å²) in [6.45, 7) is 6.26. The molecule has 1 amide bonds. The molecule has 0 fully saturated rings. The van der Waals surface area contributed by atoms with E-state index in [0.29, 0.717) is 0 Å². The van der Waals surface area contributed by atoms with Crippen LogP contribution in [0.15, 0.2) is 24.3 Å². The smallest absolute Gasteiger partial charge is 0.231 e. The molecule has 0 aliphatic rings. The van der Waals surface area contributed by atoms with E-state index in [0.717, 1.165) is 5.56 Å². The molecule has 0 spiro atoms. The molecule has 17 heavy (non-hydrogen) atoms. The van der Waals surface area contributed by atoms with Crippen molar-refractivity contribution in [3.05, 3.63) is 35.6 Å². The number of halogens is 1. The van der Waals surface area contributed by atoms with Crippen molar-refractivity contribution in [1.82, 2.24) is 5.32 Å². The molecule has 3 N–H and O–H groups in total. The van der Waals surface area contributed by atoms with Crippen molar-refractivity contribution >= 4 is 5.91 Å². The van der Waals surface area contributed by atoms with Crippen LogP contribution in [0.4, 0.5) is 4.39 Å². The lowest BCUT2D eigenvalue weighted by Crippen LogP contribution is -2.37. The summed E-state index contributed by atoms with van der Waals surface area (Å²) in [5.74, 6) is -0.669. The zero-order valence-corrected chi connectivity index (χ0v) is 10.5. The Bertz CT molecular complexity index is 381. The van der Waals surface area contributed by atoms with Gasteiger partial charge >= 0.3 is 0 Å². The summed E-state index contributed by atoms with van der Waals surface area (Å²) in [6, 6.07) is 6.23. The molecule has 1 aromatic carbocycles. The van der Waals surface area contributed by atoms with Crippen LogP contribution in [-0.2, 0) is 4.79 Å². The molecule has 94 valence electrons. The van der Waals surface area contributed by atoms with Gasteiger partial charge in [0.15, 0.2) is 0 Å². The van der Waals surface area contributed by atoms with Crippen molar-refractivity contribution in [2.45, 2.75) is 26.8 Å². The number of nitrogens with one attached hydrogen (secondary N) is 1. The van der Waals surface area contributed by atoms with Crippen molar-refractivity contribution in [1.29, 1.82) is 0 Å². The molecule has 3 nitrogen and oxygen atoms in total. The Morgan fingerprint density at radius 1 is 1.35 bits per heavy atom. The maximum atomic E-state index is 12.9. The number of nitrogens with two attached hydrogens (primary N) is 1. The van der Waals surface area contributed by atoms with Crippen molar-refractivity contribution in [2.24, 2.45) is 11.1 Å². The number of primary amides is 1. The van der Waals surface area contributed by atoms with Gasteiger partial charge < -0.3 is 11.1 Å². The second kappa shape index (κ2) is 5.27. The minimum absolute atomic E-state index is 0.0457. The van der Waals surface area contributed by atoms with Gasteiger partial charge in [0.05, 0.1) is 6.54 Å². The molecule has 4 heteroatoms. The first-order chi connectivity index (χ1) is 7.80. The first kappa shape index (κ1) is 13.6. The Morgan fingerprint density at radius 2 is 1.88 bits per heavy atom. The Labute approximate surface area is 101 Å². The molecule has 1 atom stereocenters. The van der Waals surface area contributed by atoms with Crippen molar-refractivity contribution in [3.63, 3.8) is 0 Å². The number of carbonyl (C=O) groups excluding carboxylic acids is 1. The first-order valence-corrected chi connectivity index (χ1v) is 5.58. The summed E-state index contributed by atoms with van der Waals surface area (Å²) in [7, 11) is 0. The first-order valence-electron chi connectivity index (χ1n) is 5.58. The number of benzene rings is 1. The highest BCUT2D eigenvalue weighted by Gasteiger charge is 2.26. The van der Waals surface area contributed by atoms with Gasteiger partial charge in [-0.1, -0.05) is 32.9 Å². The highest BCUT2D eigenvalue weighted by atomic mass is 19.1. The zero-order chi connectivity index (χ0) is 13.1. The SMILES string of the molecule is CC(C)(C)[C@@H](NCC(N)=O)c1ccc(F)cc1. The van der Waals surface area contributed by atoms with E-state index in [4.69, 9.17) is 5.73 Å². The fraction of sp³-hybridized carbons (Fsp3) is 0.462. The average Bonchev–Trinajstić information content (AvgIpc) is 2.18. The van der Waals surface area contributed by atoms with Crippen LogP contribution >= 0.6 is 0 Å². The maximum Gasteiger partial charge on any atom is 0.231 e. The highest BCUT2D eigenvalue weighted by Crippen LogP contribution is 2.32. The monoisotopic (exact) mass is 238 g/mol. The molecule has 0 aliphatic carbocycles. The van der Waals surface area contributed by atoms with Gasteiger partial charge in [-0.3, -0.25) is 4.79 Å². The zero-order valence-electron chi connectivity index (χ0n) is 10.5.